The maximum atomic E-state index is 11.5. The number of carbonyl (C=O) groups excluding carboxylic acids is 1. The van der Waals surface area contributed by atoms with Crippen molar-refractivity contribution in [1.29, 1.82) is 0 Å². The van der Waals surface area contributed by atoms with Crippen molar-refractivity contribution in [2.24, 2.45) is 0 Å². The standard InChI is InChI=1S/C10H13NO2S/c1-13-9-6-4-8(5-7-9)10(12)11-14(2)3/h4-7H,1-3H3/p+1. The summed E-state index contributed by atoms with van der Waals surface area (Å²) >= 11 is 0. The van der Waals surface area contributed by atoms with Crippen molar-refractivity contribution in [2.45, 2.75) is 0 Å². The summed E-state index contributed by atoms with van der Waals surface area (Å²) in [5, 5.41) is 0. The third kappa shape index (κ3) is 2.96. The number of methoxy groups -OCH3 is 1. The summed E-state index contributed by atoms with van der Waals surface area (Å²) in [6.45, 7) is 0. The summed E-state index contributed by atoms with van der Waals surface area (Å²) in [7, 11) is 1.52. The minimum absolute atomic E-state index is 0.0408. The molecule has 4 heteroatoms. The number of carbonyl (C=O) groups is 1. The van der Waals surface area contributed by atoms with Crippen LogP contribution in [-0.2, 0) is 10.7 Å². The van der Waals surface area contributed by atoms with Gasteiger partial charge in [0.05, 0.1) is 12.7 Å². The lowest BCUT2D eigenvalue weighted by Crippen LogP contribution is -2.74. The lowest BCUT2D eigenvalue weighted by molar-refractivity contribution is -0.314. The first-order chi connectivity index (χ1) is 6.63. The van der Waals surface area contributed by atoms with Crippen LogP contribution in [0.2, 0.25) is 0 Å². The van der Waals surface area contributed by atoms with Gasteiger partial charge in [0, 0.05) is 23.2 Å². The highest BCUT2D eigenvalue weighted by molar-refractivity contribution is 7.83. The maximum Gasteiger partial charge on any atom is 0.424 e. The molecule has 0 aliphatic rings. The van der Waals surface area contributed by atoms with Crippen LogP contribution < -0.4 is 9.10 Å². The Bertz CT molecular complexity index is 353. The monoisotopic (exact) mass is 212 g/mol. The van der Waals surface area contributed by atoms with Crippen molar-refractivity contribution in [3.63, 3.8) is 0 Å². The van der Waals surface area contributed by atoms with Crippen molar-refractivity contribution in [2.75, 3.05) is 19.6 Å². The van der Waals surface area contributed by atoms with Gasteiger partial charge in [-0.3, -0.25) is 0 Å². The molecule has 0 bridgehead atoms. The molecule has 0 aliphatic heterocycles. The lowest BCUT2D eigenvalue weighted by Gasteiger charge is -1.97. The van der Waals surface area contributed by atoms with Gasteiger partial charge in [-0.05, 0) is 24.3 Å². The Morgan fingerprint density at radius 2 is 1.86 bits per heavy atom. The molecule has 0 aromatic heterocycles. The van der Waals surface area contributed by atoms with Crippen LogP contribution in [0.3, 0.4) is 0 Å². The quantitative estimate of drug-likeness (QED) is 0.748. The highest BCUT2D eigenvalue weighted by atomic mass is 32.2. The first kappa shape index (κ1) is 10.9. The summed E-state index contributed by atoms with van der Waals surface area (Å²) < 4.78 is 7.84. The van der Waals surface area contributed by atoms with Crippen molar-refractivity contribution >= 4 is 16.6 Å². The molecule has 1 N–H and O–H groups in total. The van der Waals surface area contributed by atoms with Crippen molar-refractivity contribution < 1.29 is 13.9 Å². The van der Waals surface area contributed by atoms with Crippen molar-refractivity contribution in [3.8, 4) is 5.75 Å². The van der Waals surface area contributed by atoms with Crippen LogP contribution >= 0.6 is 0 Å². The van der Waals surface area contributed by atoms with E-state index in [9.17, 15) is 4.79 Å². The Morgan fingerprint density at radius 3 is 2.29 bits per heavy atom. The van der Waals surface area contributed by atoms with E-state index in [4.69, 9.17) is 4.74 Å². The zero-order valence-corrected chi connectivity index (χ0v) is 9.35. The summed E-state index contributed by atoms with van der Waals surface area (Å²) in [5.41, 5.74) is 0.659. The number of hydrogen-bond donors (Lipinski definition) is 1. The van der Waals surface area contributed by atoms with E-state index in [1.807, 2.05) is 12.5 Å². The number of hydrogen-bond acceptors (Lipinski definition) is 2. The molecule has 1 amide bonds. The molecule has 0 saturated carbocycles. The molecule has 1 aromatic carbocycles. The summed E-state index contributed by atoms with van der Waals surface area (Å²) in [6.07, 6.45) is 3.92. The van der Waals surface area contributed by atoms with Gasteiger partial charge in [-0.15, -0.1) is 0 Å². The van der Waals surface area contributed by atoms with E-state index in [2.05, 4.69) is 4.36 Å². The van der Waals surface area contributed by atoms with E-state index in [-0.39, 0.29) is 16.6 Å². The molecule has 0 unspecified atom stereocenters. The molecule has 0 spiro atoms. The van der Waals surface area contributed by atoms with E-state index in [0.29, 0.717) is 5.56 Å². The topological polar surface area (TPSA) is 40.3 Å². The Hall–Kier alpha value is -1.16. The first-order valence-electron chi connectivity index (χ1n) is 4.16. The number of ether oxygens (including phenoxy) is 1. The molecular weight excluding hydrogens is 198 g/mol. The third-order valence-electron chi connectivity index (χ3n) is 1.65. The summed E-state index contributed by atoms with van der Waals surface area (Å²) in [5.74, 6) is 0.717. The van der Waals surface area contributed by atoms with Crippen molar-refractivity contribution in [3.05, 3.63) is 29.8 Å². The van der Waals surface area contributed by atoms with Crippen LogP contribution in [-0.4, -0.2) is 25.5 Å². The minimum Gasteiger partial charge on any atom is -0.497 e. The molecule has 1 rings (SSSR count). The van der Waals surface area contributed by atoms with Crippen LogP contribution in [0.5, 0.6) is 5.75 Å². The molecule has 0 aliphatic carbocycles. The molecule has 0 atom stereocenters. The highest BCUT2D eigenvalue weighted by Gasteiger charge is 2.09. The molecule has 0 saturated heterocycles. The van der Waals surface area contributed by atoms with Crippen LogP contribution in [0, 0.1) is 0 Å². The minimum atomic E-state index is -0.0841. The number of rotatable bonds is 2. The second-order valence-corrected chi connectivity index (χ2v) is 4.81. The van der Waals surface area contributed by atoms with Gasteiger partial charge in [0.15, 0.2) is 0 Å². The fourth-order valence-corrected chi connectivity index (χ4v) is 1.48. The average molecular weight is 212 g/mol. The largest absolute Gasteiger partial charge is 0.497 e. The van der Waals surface area contributed by atoms with Crippen LogP contribution in [0.1, 0.15) is 10.4 Å². The molecule has 3 nitrogen and oxygen atoms in total. The van der Waals surface area contributed by atoms with E-state index in [1.165, 1.54) is 0 Å². The predicted molar refractivity (Wildman–Crippen MR) is 57.5 cm³/mol. The molecular formula is C10H14NO2S+. The normalized spacial score (nSPS) is 10.0. The third-order valence-corrected chi connectivity index (χ3v) is 2.24. The van der Waals surface area contributed by atoms with Crippen LogP contribution in [0.25, 0.3) is 0 Å². The second-order valence-electron chi connectivity index (χ2n) is 2.98. The van der Waals surface area contributed by atoms with Gasteiger partial charge in [0.25, 0.3) is 0 Å². The molecule has 0 fully saturated rings. The number of benzene rings is 1. The van der Waals surface area contributed by atoms with E-state index in [0.717, 1.165) is 5.75 Å². The molecule has 76 valence electrons. The lowest BCUT2D eigenvalue weighted by atomic mass is 10.2. The molecule has 0 radical (unpaired) electrons. The Labute approximate surface area is 86.2 Å². The predicted octanol–water partition coefficient (Wildman–Crippen LogP) is -0.0225. The van der Waals surface area contributed by atoms with Gasteiger partial charge in [-0.25, -0.2) is 4.79 Å². The average Bonchev–Trinajstić information content (AvgIpc) is 2.17. The Kier molecular flexibility index (Phi) is 3.83. The highest BCUT2D eigenvalue weighted by Crippen LogP contribution is 2.09. The van der Waals surface area contributed by atoms with Gasteiger partial charge in [-0.2, -0.15) is 4.36 Å². The zero-order chi connectivity index (χ0) is 10.6. The smallest absolute Gasteiger partial charge is 0.424 e. The fourth-order valence-electron chi connectivity index (χ4n) is 0.987. The van der Waals surface area contributed by atoms with Crippen molar-refractivity contribution in [1.82, 2.24) is 0 Å². The van der Waals surface area contributed by atoms with Gasteiger partial charge in [0.2, 0.25) is 0 Å². The van der Waals surface area contributed by atoms with E-state index < -0.39 is 0 Å². The maximum absolute atomic E-state index is 11.5. The number of amides is 1. The molecule has 0 heterocycles. The van der Waals surface area contributed by atoms with Gasteiger partial charge in [-0.1, -0.05) is 0 Å². The van der Waals surface area contributed by atoms with Crippen LogP contribution in [0.4, 0.5) is 0 Å². The van der Waals surface area contributed by atoms with Gasteiger partial charge in [0.1, 0.15) is 5.75 Å². The summed E-state index contributed by atoms with van der Waals surface area (Å²) in [4.78, 5) is 11.5. The summed E-state index contributed by atoms with van der Waals surface area (Å²) in [6, 6.07) is 7.05. The van der Waals surface area contributed by atoms with E-state index in [1.54, 1.807) is 31.4 Å². The van der Waals surface area contributed by atoms with Gasteiger partial charge < -0.3 is 4.74 Å². The zero-order valence-electron chi connectivity index (χ0n) is 8.53. The first-order valence-corrected chi connectivity index (χ1v) is 6.20. The van der Waals surface area contributed by atoms with Crippen LogP contribution in [0.15, 0.2) is 24.3 Å². The molecule has 1 aromatic rings. The fraction of sp³-hybridized carbons (Fsp3) is 0.300. The number of nitrogens with one attached hydrogen (secondary N) is 1. The van der Waals surface area contributed by atoms with E-state index >= 15 is 0 Å². The van der Waals surface area contributed by atoms with Gasteiger partial charge >= 0.3 is 5.91 Å². The molecule has 14 heavy (non-hydrogen) atoms. The second kappa shape index (κ2) is 4.91. The Morgan fingerprint density at radius 1 is 1.29 bits per heavy atom. The SMILES string of the molecule is COc1ccc(C(=O)[NH+]=S(C)C)cc1. The Balaban J connectivity index is 2.87.